The lowest BCUT2D eigenvalue weighted by molar-refractivity contribution is 0.0887. The highest BCUT2D eigenvalue weighted by Crippen LogP contribution is 2.45. The highest BCUT2D eigenvalue weighted by atomic mass is 16.7. The third kappa shape index (κ3) is 1.66. The van der Waals surface area contributed by atoms with Crippen molar-refractivity contribution < 1.29 is 14.3 Å². The Balaban J connectivity index is 1.82. The molecular weight excluding hydrogens is 242 g/mol. The van der Waals surface area contributed by atoms with Gasteiger partial charge in [0.05, 0.1) is 0 Å². The molecule has 0 aromatic heterocycles. The maximum Gasteiger partial charge on any atom is 0.231 e. The fraction of sp³-hybridized carbons (Fsp3) is 0.533. The van der Waals surface area contributed by atoms with Gasteiger partial charge in [-0.1, -0.05) is 0 Å². The molecule has 4 nitrogen and oxygen atoms in total. The van der Waals surface area contributed by atoms with E-state index in [-0.39, 0.29) is 12.6 Å². The molecule has 0 radical (unpaired) electrons. The quantitative estimate of drug-likeness (QED) is 0.714. The summed E-state index contributed by atoms with van der Waals surface area (Å²) in [5, 5.41) is 0. The molecule has 1 saturated heterocycles. The summed E-state index contributed by atoms with van der Waals surface area (Å²) in [4.78, 5) is 14.7. The standard InChI is InChI=1S/C15H17NO3/c1-16-3-2-9-4-13(17)11-6-15-14(18-8-19-15)5-10(11)12(9)7-16/h5-6,9,12H,2-4,7-8H2,1H3/t9-,12-/m1/s1. The predicted molar refractivity (Wildman–Crippen MR) is 69.9 cm³/mol. The fourth-order valence-electron chi connectivity index (χ4n) is 3.61. The summed E-state index contributed by atoms with van der Waals surface area (Å²) in [5.41, 5.74) is 2.01. The van der Waals surface area contributed by atoms with Crippen molar-refractivity contribution >= 4 is 5.78 Å². The smallest absolute Gasteiger partial charge is 0.231 e. The highest BCUT2D eigenvalue weighted by molar-refractivity contribution is 6.00. The summed E-state index contributed by atoms with van der Waals surface area (Å²) in [6.45, 7) is 2.39. The number of likely N-dealkylation sites (N-methyl/N-ethyl adjacent to an activating group) is 1. The van der Waals surface area contributed by atoms with Crippen molar-refractivity contribution in [1.82, 2.24) is 4.90 Å². The molecule has 2 atom stereocenters. The van der Waals surface area contributed by atoms with Gasteiger partial charge in [-0.3, -0.25) is 4.79 Å². The first-order chi connectivity index (χ1) is 9.22. The Morgan fingerprint density at radius 3 is 2.89 bits per heavy atom. The van der Waals surface area contributed by atoms with E-state index < -0.39 is 0 Å². The van der Waals surface area contributed by atoms with Crippen molar-refractivity contribution in [3.8, 4) is 11.5 Å². The molecule has 100 valence electrons. The number of carbonyl (C=O) groups excluding carboxylic acids is 1. The van der Waals surface area contributed by atoms with Crippen LogP contribution in [0.2, 0.25) is 0 Å². The maximum absolute atomic E-state index is 12.3. The zero-order valence-corrected chi connectivity index (χ0v) is 11.0. The average molecular weight is 259 g/mol. The number of nitrogens with zero attached hydrogens (tertiary/aromatic N) is 1. The number of piperidine rings is 1. The van der Waals surface area contributed by atoms with E-state index in [4.69, 9.17) is 9.47 Å². The highest BCUT2D eigenvalue weighted by Gasteiger charge is 2.38. The zero-order valence-electron chi connectivity index (χ0n) is 11.0. The van der Waals surface area contributed by atoms with Crippen LogP contribution in [0.4, 0.5) is 0 Å². The number of hydrogen-bond donors (Lipinski definition) is 0. The van der Waals surface area contributed by atoms with E-state index in [0.717, 1.165) is 42.1 Å². The second-order valence-corrected chi connectivity index (χ2v) is 5.84. The molecule has 1 aromatic carbocycles. The third-order valence-electron chi connectivity index (χ3n) is 4.65. The molecule has 0 bridgehead atoms. The van der Waals surface area contributed by atoms with Crippen LogP contribution in [0.25, 0.3) is 0 Å². The van der Waals surface area contributed by atoms with Gasteiger partial charge in [-0.2, -0.15) is 0 Å². The first kappa shape index (κ1) is 11.3. The SMILES string of the molecule is CN1CC[C@@H]2CC(=O)c3cc4c(cc3[C@@H]2C1)OCO4. The van der Waals surface area contributed by atoms with Crippen molar-refractivity contribution in [3.63, 3.8) is 0 Å². The second kappa shape index (κ2) is 3.97. The number of benzene rings is 1. The molecule has 0 saturated carbocycles. The summed E-state index contributed by atoms with van der Waals surface area (Å²) in [7, 11) is 2.15. The van der Waals surface area contributed by atoms with Gasteiger partial charge in [-0.05, 0) is 43.6 Å². The van der Waals surface area contributed by atoms with E-state index in [1.165, 1.54) is 0 Å². The molecule has 4 rings (SSSR count). The van der Waals surface area contributed by atoms with Gasteiger partial charge < -0.3 is 14.4 Å². The molecular formula is C15H17NO3. The summed E-state index contributed by atoms with van der Waals surface area (Å²) >= 11 is 0. The first-order valence-corrected chi connectivity index (χ1v) is 6.87. The largest absolute Gasteiger partial charge is 0.454 e. The Labute approximate surface area is 112 Å². The van der Waals surface area contributed by atoms with Crippen LogP contribution in [0.1, 0.15) is 34.7 Å². The minimum absolute atomic E-state index is 0.263. The molecule has 0 unspecified atom stereocenters. The molecule has 0 N–H and O–H groups in total. The molecule has 1 fully saturated rings. The van der Waals surface area contributed by atoms with Crippen LogP contribution in [0.15, 0.2) is 12.1 Å². The number of fused-ring (bicyclic) bond motifs is 4. The predicted octanol–water partition coefficient (Wildman–Crippen LogP) is 2.04. The fourth-order valence-corrected chi connectivity index (χ4v) is 3.61. The van der Waals surface area contributed by atoms with E-state index >= 15 is 0 Å². The minimum atomic E-state index is 0.263. The average Bonchev–Trinajstić information content (AvgIpc) is 2.85. The van der Waals surface area contributed by atoms with Crippen molar-refractivity contribution in [1.29, 1.82) is 0 Å². The van der Waals surface area contributed by atoms with Crippen molar-refractivity contribution in [2.75, 3.05) is 26.9 Å². The van der Waals surface area contributed by atoms with Gasteiger partial charge in [0.25, 0.3) is 0 Å². The van der Waals surface area contributed by atoms with Crippen molar-refractivity contribution in [2.45, 2.75) is 18.8 Å². The summed E-state index contributed by atoms with van der Waals surface area (Å²) < 4.78 is 10.8. The number of Topliss-reactive ketones (excluding diaryl/α,β-unsaturated/α-hetero) is 1. The number of rotatable bonds is 0. The third-order valence-corrected chi connectivity index (χ3v) is 4.65. The first-order valence-electron chi connectivity index (χ1n) is 6.87. The Morgan fingerprint density at radius 2 is 2.05 bits per heavy atom. The van der Waals surface area contributed by atoms with Crippen LogP contribution in [0, 0.1) is 5.92 Å². The Bertz CT molecular complexity index is 555. The minimum Gasteiger partial charge on any atom is -0.454 e. The lowest BCUT2D eigenvalue weighted by Gasteiger charge is -2.40. The summed E-state index contributed by atoms with van der Waals surface area (Å²) in [6, 6.07) is 3.91. The molecule has 2 aliphatic heterocycles. The number of ketones is 1. The Morgan fingerprint density at radius 1 is 1.26 bits per heavy atom. The van der Waals surface area contributed by atoms with Gasteiger partial charge in [0.2, 0.25) is 6.79 Å². The van der Waals surface area contributed by atoms with Crippen LogP contribution in [-0.4, -0.2) is 37.6 Å². The van der Waals surface area contributed by atoms with Crippen LogP contribution < -0.4 is 9.47 Å². The molecule has 0 spiro atoms. The number of hydrogen-bond acceptors (Lipinski definition) is 4. The van der Waals surface area contributed by atoms with E-state index in [2.05, 4.69) is 11.9 Å². The number of likely N-dealkylation sites (tertiary alicyclic amines) is 1. The molecule has 3 aliphatic rings. The molecule has 19 heavy (non-hydrogen) atoms. The Hall–Kier alpha value is -1.55. The van der Waals surface area contributed by atoms with Gasteiger partial charge in [-0.15, -0.1) is 0 Å². The van der Waals surface area contributed by atoms with Crippen LogP contribution in [-0.2, 0) is 0 Å². The normalized spacial score (nSPS) is 29.0. The van der Waals surface area contributed by atoms with Gasteiger partial charge in [0.1, 0.15) is 0 Å². The topological polar surface area (TPSA) is 38.8 Å². The van der Waals surface area contributed by atoms with Crippen LogP contribution in [0.5, 0.6) is 11.5 Å². The lowest BCUT2D eigenvalue weighted by atomic mass is 9.71. The van der Waals surface area contributed by atoms with E-state index in [9.17, 15) is 4.79 Å². The molecule has 2 heterocycles. The maximum atomic E-state index is 12.3. The molecule has 4 heteroatoms. The van der Waals surface area contributed by atoms with Crippen molar-refractivity contribution in [3.05, 3.63) is 23.3 Å². The summed E-state index contributed by atoms with van der Waals surface area (Å²) in [6.07, 6.45) is 1.80. The zero-order chi connectivity index (χ0) is 13.0. The van der Waals surface area contributed by atoms with Gasteiger partial charge >= 0.3 is 0 Å². The van der Waals surface area contributed by atoms with Crippen LogP contribution in [0.3, 0.4) is 0 Å². The molecule has 1 aromatic rings. The van der Waals surface area contributed by atoms with Gasteiger partial charge in [0.15, 0.2) is 17.3 Å². The van der Waals surface area contributed by atoms with Gasteiger partial charge in [-0.25, -0.2) is 0 Å². The van der Waals surface area contributed by atoms with Gasteiger partial charge in [0, 0.05) is 24.4 Å². The monoisotopic (exact) mass is 259 g/mol. The number of carbonyl (C=O) groups is 1. The molecule has 0 amide bonds. The van der Waals surface area contributed by atoms with E-state index in [1.54, 1.807) is 0 Å². The number of ether oxygens (including phenoxy) is 2. The summed E-state index contributed by atoms with van der Waals surface area (Å²) in [5.74, 6) is 2.73. The molecule has 1 aliphatic carbocycles. The second-order valence-electron chi connectivity index (χ2n) is 5.84. The Kier molecular flexibility index (Phi) is 2.36. The van der Waals surface area contributed by atoms with Crippen LogP contribution >= 0.6 is 0 Å². The van der Waals surface area contributed by atoms with E-state index in [1.807, 2.05) is 12.1 Å². The van der Waals surface area contributed by atoms with E-state index in [0.29, 0.717) is 18.3 Å². The lowest BCUT2D eigenvalue weighted by Crippen LogP contribution is -2.40. The van der Waals surface area contributed by atoms with Crippen molar-refractivity contribution in [2.24, 2.45) is 5.92 Å².